The molecule has 1 amide bonds. The molecular weight excluding hydrogens is 269 g/mol. The van der Waals surface area contributed by atoms with E-state index < -0.39 is 5.82 Å². The van der Waals surface area contributed by atoms with Gasteiger partial charge in [0.05, 0.1) is 12.7 Å². The van der Waals surface area contributed by atoms with Crippen molar-refractivity contribution in [1.82, 2.24) is 4.90 Å². The van der Waals surface area contributed by atoms with Gasteiger partial charge in [0, 0.05) is 18.7 Å². The first-order valence-electron chi connectivity index (χ1n) is 7.85. The Bertz CT molecular complexity index is 530. The Morgan fingerprint density at radius 1 is 1.24 bits per heavy atom. The average Bonchev–Trinajstić information content (AvgIpc) is 2.53. The molecule has 0 spiro atoms. The van der Waals surface area contributed by atoms with Crippen molar-refractivity contribution in [3.8, 4) is 5.75 Å². The summed E-state index contributed by atoms with van der Waals surface area (Å²) in [5.41, 5.74) is 0.169. The van der Waals surface area contributed by atoms with E-state index in [0.29, 0.717) is 17.7 Å². The van der Waals surface area contributed by atoms with Gasteiger partial charge in [-0.1, -0.05) is 12.8 Å². The lowest BCUT2D eigenvalue weighted by Gasteiger charge is -2.44. The van der Waals surface area contributed by atoms with Crippen molar-refractivity contribution < 1.29 is 13.9 Å². The third-order valence-electron chi connectivity index (χ3n) is 4.91. The second-order valence-corrected chi connectivity index (χ2v) is 6.10. The molecule has 1 aliphatic carbocycles. The summed E-state index contributed by atoms with van der Waals surface area (Å²) in [6.45, 7) is 0.755. The number of rotatable bonds is 2. The fraction of sp³-hybridized carbons (Fsp3) is 0.588. The second-order valence-electron chi connectivity index (χ2n) is 6.10. The number of likely N-dealkylation sites (tertiary alicyclic amines) is 1. The van der Waals surface area contributed by atoms with Gasteiger partial charge in [0.25, 0.3) is 5.91 Å². The molecule has 1 aromatic rings. The largest absolute Gasteiger partial charge is 0.497 e. The molecule has 1 aromatic carbocycles. The minimum Gasteiger partial charge on any atom is -0.497 e. The maximum atomic E-state index is 14.1. The monoisotopic (exact) mass is 291 g/mol. The maximum Gasteiger partial charge on any atom is 0.257 e. The molecule has 2 fully saturated rings. The SMILES string of the molecule is COc1ccc(C(=O)N2CCC[C@H]3CCCC[C@H]32)c(F)c1. The number of piperidine rings is 1. The number of halogens is 1. The summed E-state index contributed by atoms with van der Waals surface area (Å²) in [6.07, 6.45) is 6.95. The zero-order chi connectivity index (χ0) is 14.8. The number of carbonyl (C=O) groups excluding carboxylic acids is 1. The molecule has 3 rings (SSSR count). The van der Waals surface area contributed by atoms with E-state index in [9.17, 15) is 9.18 Å². The van der Waals surface area contributed by atoms with E-state index in [2.05, 4.69) is 0 Å². The van der Waals surface area contributed by atoms with Crippen LogP contribution in [-0.4, -0.2) is 30.5 Å². The summed E-state index contributed by atoms with van der Waals surface area (Å²) in [5, 5.41) is 0. The quantitative estimate of drug-likeness (QED) is 0.832. The number of carbonyl (C=O) groups is 1. The van der Waals surface area contributed by atoms with Gasteiger partial charge in [0.15, 0.2) is 0 Å². The van der Waals surface area contributed by atoms with Crippen molar-refractivity contribution in [2.24, 2.45) is 5.92 Å². The summed E-state index contributed by atoms with van der Waals surface area (Å²) < 4.78 is 19.1. The highest BCUT2D eigenvalue weighted by atomic mass is 19.1. The van der Waals surface area contributed by atoms with E-state index in [0.717, 1.165) is 19.4 Å². The van der Waals surface area contributed by atoms with Gasteiger partial charge in [0.1, 0.15) is 11.6 Å². The fourth-order valence-electron chi connectivity index (χ4n) is 3.83. The first kappa shape index (κ1) is 14.4. The van der Waals surface area contributed by atoms with Gasteiger partial charge in [0.2, 0.25) is 0 Å². The Kier molecular flexibility index (Phi) is 4.13. The van der Waals surface area contributed by atoms with Gasteiger partial charge in [-0.3, -0.25) is 4.79 Å². The standard InChI is InChI=1S/C17H22FNO2/c1-21-13-8-9-14(15(18)11-13)17(20)19-10-4-6-12-5-2-3-7-16(12)19/h8-9,11-12,16H,2-7,10H2,1H3/t12-,16-/m1/s1. The van der Waals surface area contributed by atoms with E-state index in [-0.39, 0.29) is 11.5 Å². The molecular formula is C17H22FNO2. The van der Waals surface area contributed by atoms with Crippen molar-refractivity contribution in [2.75, 3.05) is 13.7 Å². The van der Waals surface area contributed by atoms with E-state index in [4.69, 9.17) is 4.74 Å². The molecule has 1 saturated heterocycles. The van der Waals surface area contributed by atoms with Gasteiger partial charge in [-0.15, -0.1) is 0 Å². The zero-order valence-electron chi connectivity index (χ0n) is 12.5. The van der Waals surface area contributed by atoms with Gasteiger partial charge < -0.3 is 9.64 Å². The van der Waals surface area contributed by atoms with Crippen LogP contribution in [0.4, 0.5) is 4.39 Å². The van der Waals surface area contributed by atoms with Crippen LogP contribution < -0.4 is 4.74 Å². The molecule has 0 unspecified atom stereocenters. The maximum absolute atomic E-state index is 14.1. The molecule has 0 bridgehead atoms. The summed E-state index contributed by atoms with van der Waals surface area (Å²) in [5.74, 6) is 0.403. The first-order chi connectivity index (χ1) is 10.2. The number of nitrogens with zero attached hydrogens (tertiary/aromatic N) is 1. The molecule has 21 heavy (non-hydrogen) atoms. The Morgan fingerprint density at radius 3 is 2.76 bits per heavy atom. The molecule has 0 radical (unpaired) electrons. The van der Waals surface area contributed by atoms with Gasteiger partial charge in [-0.2, -0.15) is 0 Å². The van der Waals surface area contributed by atoms with Crippen molar-refractivity contribution in [3.05, 3.63) is 29.6 Å². The Morgan fingerprint density at radius 2 is 2.00 bits per heavy atom. The van der Waals surface area contributed by atoms with Crippen LogP contribution in [0.2, 0.25) is 0 Å². The molecule has 1 aliphatic heterocycles. The Balaban J connectivity index is 1.83. The molecule has 0 aromatic heterocycles. The number of benzene rings is 1. The molecule has 2 aliphatic rings. The molecule has 4 heteroatoms. The first-order valence-corrected chi connectivity index (χ1v) is 7.85. The number of hydrogen-bond acceptors (Lipinski definition) is 2. The van der Waals surface area contributed by atoms with Crippen LogP contribution >= 0.6 is 0 Å². The molecule has 3 nitrogen and oxygen atoms in total. The van der Waals surface area contributed by atoms with Crippen molar-refractivity contribution in [2.45, 2.75) is 44.6 Å². The molecule has 1 saturated carbocycles. The lowest BCUT2D eigenvalue weighted by atomic mass is 9.78. The molecule has 2 atom stereocenters. The van der Waals surface area contributed by atoms with Gasteiger partial charge in [-0.25, -0.2) is 4.39 Å². The number of methoxy groups -OCH3 is 1. The van der Waals surface area contributed by atoms with Gasteiger partial charge >= 0.3 is 0 Å². The topological polar surface area (TPSA) is 29.5 Å². The van der Waals surface area contributed by atoms with E-state index in [1.54, 1.807) is 12.1 Å². The van der Waals surface area contributed by atoms with Gasteiger partial charge in [-0.05, 0) is 43.7 Å². The average molecular weight is 291 g/mol. The number of amides is 1. The molecule has 0 N–H and O–H groups in total. The van der Waals surface area contributed by atoms with Crippen LogP contribution in [0.5, 0.6) is 5.75 Å². The predicted molar refractivity (Wildman–Crippen MR) is 79.0 cm³/mol. The highest BCUT2D eigenvalue weighted by molar-refractivity contribution is 5.95. The van der Waals surface area contributed by atoms with Crippen LogP contribution in [0.3, 0.4) is 0 Å². The van der Waals surface area contributed by atoms with Crippen molar-refractivity contribution >= 4 is 5.91 Å². The third kappa shape index (κ3) is 2.76. The van der Waals surface area contributed by atoms with E-state index in [1.165, 1.54) is 38.9 Å². The van der Waals surface area contributed by atoms with Crippen LogP contribution in [-0.2, 0) is 0 Å². The lowest BCUT2D eigenvalue weighted by molar-refractivity contribution is 0.0386. The van der Waals surface area contributed by atoms with Crippen LogP contribution in [0.1, 0.15) is 48.9 Å². The highest BCUT2D eigenvalue weighted by Crippen LogP contribution is 2.36. The molecule has 114 valence electrons. The summed E-state index contributed by atoms with van der Waals surface area (Å²) in [7, 11) is 1.49. The summed E-state index contributed by atoms with van der Waals surface area (Å²) in [4.78, 5) is 14.6. The number of ether oxygens (including phenoxy) is 1. The van der Waals surface area contributed by atoms with Crippen LogP contribution in [0.15, 0.2) is 18.2 Å². The zero-order valence-corrected chi connectivity index (χ0v) is 12.5. The van der Waals surface area contributed by atoms with Crippen molar-refractivity contribution in [1.29, 1.82) is 0 Å². The highest BCUT2D eigenvalue weighted by Gasteiger charge is 2.36. The normalized spacial score (nSPS) is 25.3. The van der Waals surface area contributed by atoms with Crippen LogP contribution in [0, 0.1) is 11.7 Å². The summed E-state index contributed by atoms with van der Waals surface area (Å²) >= 11 is 0. The Hall–Kier alpha value is -1.58. The minimum absolute atomic E-state index is 0.160. The van der Waals surface area contributed by atoms with Crippen LogP contribution in [0.25, 0.3) is 0 Å². The predicted octanol–water partition coefficient (Wildman–Crippen LogP) is 3.63. The van der Waals surface area contributed by atoms with E-state index in [1.807, 2.05) is 4.90 Å². The lowest BCUT2D eigenvalue weighted by Crippen LogP contribution is -2.49. The van der Waals surface area contributed by atoms with E-state index >= 15 is 0 Å². The Labute approximate surface area is 125 Å². The third-order valence-corrected chi connectivity index (χ3v) is 4.91. The summed E-state index contributed by atoms with van der Waals surface area (Å²) in [6, 6.07) is 4.79. The molecule has 1 heterocycles. The number of hydrogen-bond donors (Lipinski definition) is 0. The fourth-order valence-corrected chi connectivity index (χ4v) is 3.83. The minimum atomic E-state index is -0.489. The number of fused-ring (bicyclic) bond motifs is 1. The smallest absolute Gasteiger partial charge is 0.257 e. The second kappa shape index (κ2) is 6.04. The van der Waals surface area contributed by atoms with Crippen molar-refractivity contribution in [3.63, 3.8) is 0 Å².